The van der Waals surface area contributed by atoms with Gasteiger partial charge in [-0.05, 0) is 42.1 Å². The van der Waals surface area contributed by atoms with Gasteiger partial charge in [-0.2, -0.15) is 0 Å². The fourth-order valence-corrected chi connectivity index (χ4v) is 2.33. The molecular formula is C14H13ClO2S. The summed E-state index contributed by atoms with van der Waals surface area (Å²) in [7, 11) is 0. The van der Waals surface area contributed by atoms with E-state index in [0.29, 0.717) is 18.1 Å². The molecule has 1 aromatic heterocycles. The number of benzene rings is 1. The summed E-state index contributed by atoms with van der Waals surface area (Å²) < 4.78 is 5.52. The summed E-state index contributed by atoms with van der Waals surface area (Å²) in [6.07, 6.45) is 1.24. The van der Waals surface area contributed by atoms with E-state index in [1.54, 1.807) is 12.1 Å². The zero-order valence-electron chi connectivity index (χ0n) is 9.77. The van der Waals surface area contributed by atoms with E-state index in [2.05, 4.69) is 0 Å². The third-order valence-corrected chi connectivity index (χ3v) is 3.59. The molecule has 0 atom stereocenters. The van der Waals surface area contributed by atoms with Crippen LogP contribution in [0.3, 0.4) is 0 Å². The van der Waals surface area contributed by atoms with Crippen molar-refractivity contribution in [2.45, 2.75) is 12.8 Å². The Morgan fingerprint density at radius 3 is 2.67 bits per heavy atom. The van der Waals surface area contributed by atoms with E-state index in [4.69, 9.17) is 16.3 Å². The van der Waals surface area contributed by atoms with Crippen LogP contribution in [0.4, 0.5) is 0 Å². The molecule has 0 fully saturated rings. The predicted molar refractivity (Wildman–Crippen MR) is 74.8 cm³/mol. The minimum Gasteiger partial charge on any atom is -0.494 e. The second-order valence-corrected chi connectivity index (χ2v) is 5.19. The maximum absolute atomic E-state index is 11.7. The molecule has 1 aromatic carbocycles. The molecule has 2 aromatic rings. The van der Waals surface area contributed by atoms with E-state index in [1.165, 1.54) is 11.3 Å². The molecule has 0 saturated heterocycles. The van der Waals surface area contributed by atoms with Gasteiger partial charge in [0.25, 0.3) is 0 Å². The van der Waals surface area contributed by atoms with Gasteiger partial charge in [0.05, 0.1) is 11.5 Å². The first kappa shape index (κ1) is 13.1. The summed E-state index contributed by atoms with van der Waals surface area (Å²) in [6, 6.07) is 11.0. The third kappa shape index (κ3) is 3.86. The highest BCUT2D eigenvalue weighted by Gasteiger charge is 2.06. The van der Waals surface area contributed by atoms with Crippen molar-refractivity contribution >= 4 is 28.7 Å². The van der Waals surface area contributed by atoms with Gasteiger partial charge in [0, 0.05) is 11.4 Å². The van der Waals surface area contributed by atoms with Crippen LogP contribution in [0.25, 0.3) is 0 Å². The van der Waals surface area contributed by atoms with E-state index in [-0.39, 0.29) is 5.78 Å². The van der Waals surface area contributed by atoms with Crippen molar-refractivity contribution < 1.29 is 9.53 Å². The zero-order chi connectivity index (χ0) is 12.8. The van der Waals surface area contributed by atoms with Crippen LogP contribution < -0.4 is 4.74 Å². The molecule has 2 rings (SSSR count). The predicted octanol–water partition coefficient (Wildman–Crippen LogP) is 4.44. The Bertz CT molecular complexity index is 491. The number of thiophene rings is 1. The summed E-state index contributed by atoms with van der Waals surface area (Å²) >= 11 is 7.25. The SMILES string of the molecule is O=C(CCCOc1ccc(Cl)cc1)c1cccs1. The van der Waals surface area contributed by atoms with Crippen LogP contribution in [0.1, 0.15) is 22.5 Å². The fourth-order valence-electron chi connectivity index (χ4n) is 1.51. The summed E-state index contributed by atoms with van der Waals surface area (Å²) in [4.78, 5) is 12.5. The van der Waals surface area contributed by atoms with Gasteiger partial charge >= 0.3 is 0 Å². The molecule has 0 aliphatic rings. The van der Waals surface area contributed by atoms with Gasteiger partial charge in [0.1, 0.15) is 5.75 Å². The van der Waals surface area contributed by atoms with Crippen LogP contribution in [0.5, 0.6) is 5.75 Å². The molecule has 1 heterocycles. The van der Waals surface area contributed by atoms with Gasteiger partial charge < -0.3 is 4.74 Å². The van der Waals surface area contributed by atoms with Crippen molar-refractivity contribution in [1.82, 2.24) is 0 Å². The van der Waals surface area contributed by atoms with Gasteiger partial charge in [-0.3, -0.25) is 4.79 Å². The van der Waals surface area contributed by atoms with Crippen LogP contribution in [0.15, 0.2) is 41.8 Å². The van der Waals surface area contributed by atoms with E-state index >= 15 is 0 Å². The quantitative estimate of drug-likeness (QED) is 0.577. The third-order valence-electron chi connectivity index (χ3n) is 2.43. The number of halogens is 1. The molecule has 0 bridgehead atoms. The monoisotopic (exact) mass is 280 g/mol. The lowest BCUT2D eigenvalue weighted by Gasteiger charge is -2.05. The first-order valence-corrected chi connectivity index (χ1v) is 6.96. The lowest BCUT2D eigenvalue weighted by atomic mass is 10.2. The molecule has 94 valence electrons. The average Bonchev–Trinajstić information content (AvgIpc) is 2.90. The number of carbonyl (C=O) groups excluding carboxylic acids is 1. The van der Waals surface area contributed by atoms with Crippen LogP contribution in [0.2, 0.25) is 5.02 Å². The van der Waals surface area contributed by atoms with E-state index < -0.39 is 0 Å². The van der Waals surface area contributed by atoms with Crippen LogP contribution in [-0.4, -0.2) is 12.4 Å². The number of hydrogen-bond acceptors (Lipinski definition) is 3. The van der Waals surface area contributed by atoms with Crippen LogP contribution in [-0.2, 0) is 0 Å². The number of ether oxygens (including phenoxy) is 1. The van der Waals surface area contributed by atoms with Gasteiger partial charge in [0.2, 0.25) is 0 Å². The van der Waals surface area contributed by atoms with E-state index in [1.807, 2.05) is 29.6 Å². The van der Waals surface area contributed by atoms with Gasteiger partial charge in [-0.1, -0.05) is 17.7 Å². The number of hydrogen-bond donors (Lipinski definition) is 0. The van der Waals surface area contributed by atoms with Crippen molar-refractivity contribution in [3.63, 3.8) is 0 Å². The second-order valence-electron chi connectivity index (χ2n) is 3.81. The number of Topliss-reactive ketones (excluding diaryl/α,β-unsaturated/α-hetero) is 1. The van der Waals surface area contributed by atoms with Crippen molar-refractivity contribution in [2.75, 3.05) is 6.61 Å². The second kappa shape index (κ2) is 6.57. The highest BCUT2D eigenvalue weighted by molar-refractivity contribution is 7.12. The number of rotatable bonds is 6. The van der Waals surface area contributed by atoms with E-state index in [9.17, 15) is 4.79 Å². The van der Waals surface area contributed by atoms with Crippen LogP contribution >= 0.6 is 22.9 Å². The lowest BCUT2D eigenvalue weighted by molar-refractivity contribution is 0.0977. The molecular weight excluding hydrogens is 268 g/mol. The Hall–Kier alpha value is -1.32. The molecule has 0 radical (unpaired) electrons. The smallest absolute Gasteiger partial charge is 0.172 e. The molecule has 4 heteroatoms. The van der Waals surface area contributed by atoms with Crippen LogP contribution in [0, 0.1) is 0 Å². The number of carbonyl (C=O) groups is 1. The van der Waals surface area contributed by atoms with Gasteiger partial charge in [-0.25, -0.2) is 0 Å². The topological polar surface area (TPSA) is 26.3 Å². The molecule has 0 N–H and O–H groups in total. The first-order chi connectivity index (χ1) is 8.75. The number of ketones is 1. The molecule has 0 aliphatic carbocycles. The Labute approximate surface area is 115 Å². The maximum Gasteiger partial charge on any atom is 0.172 e. The minimum absolute atomic E-state index is 0.185. The summed E-state index contributed by atoms with van der Waals surface area (Å²) in [5, 5.41) is 2.60. The summed E-state index contributed by atoms with van der Waals surface area (Å²) in [5.41, 5.74) is 0. The summed E-state index contributed by atoms with van der Waals surface area (Å²) in [6.45, 7) is 0.540. The van der Waals surface area contributed by atoms with Crippen molar-refractivity contribution in [2.24, 2.45) is 0 Å². The maximum atomic E-state index is 11.7. The summed E-state index contributed by atoms with van der Waals surface area (Å²) in [5.74, 6) is 0.965. The Balaban J connectivity index is 1.70. The Kier molecular flexibility index (Phi) is 4.79. The standard InChI is InChI=1S/C14H13ClO2S/c15-11-5-7-12(8-6-11)17-9-1-3-13(16)14-4-2-10-18-14/h2,4-8,10H,1,3,9H2. The Morgan fingerprint density at radius 2 is 2.00 bits per heavy atom. The molecule has 0 aliphatic heterocycles. The zero-order valence-corrected chi connectivity index (χ0v) is 11.3. The molecule has 0 unspecified atom stereocenters. The molecule has 2 nitrogen and oxygen atoms in total. The average molecular weight is 281 g/mol. The molecule has 0 amide bonds. The molecule has 0 saturated carbocycles. The Morgan fingerprint density at radius 1 is 1.22 bits per heavy atom. The van der Waals surface area contributed by atoms with E-state index in [0.717, 1.165) is 17.0 Å². The van der Waals surface area contributed by atoms with Crippen molar-refractivity contribution in [3.05, 3.63) is 51.7 Å². The minimum atomic E-state index is 0.185. The normalized spacial score (nSPS) is 10.3. The largest absolute Gasteiger partial charge is 0.494 e. The first-order valence-electron chi connectivity index (χ1n) is 5.71. The van der Waals surface area contributed by atoms with Gasteiger partial charge in [-0.15, -0.1) is 11.3 Å². The highest BCUT2D eigenvalue weighted by atomic mass is 35.5. The lowest BCUT2D eigenvalue weighted by Crippen LogP contribution is -2.02. The highest BCUT2D eigenvalue weighted by Crippen LogP contribution is 2.16. The fraction of sp³-hybridized carbons (Fsp3) is 0.214. The molecule has 0 spiro atoms. The van der Waals surface area contributed by atoms with Crippen molar-refractivity contribution in [1.29, 1.82) is 0 Å². The molecule has 18 heavy (non-hydrogen) atoms. The van der Waals surface area contributed by atoms with Crippen molar-refractivity contribution in [3.8, 4) is 5.75 Å². The van der Waals surface area contributed by atoms with Gasteiger partial charge in [0.15, 0.2) is 5.78 Å².